The first-order valence-corrected chi connectivity index (χ1v) is 8.31. The zero-order valence-electron chi connectivity index (χ0n) is 14.2. The Bertz CT molecular complexity index is 932. The molecular formula is C18H15ClF3N5. The van der Waals surface area contributed by atoms with E-state index in [9.17, 15) is 13.2 Å². The van der Waals surface area contributed by atoms with Crippen molar-refractivity contribution in [1.82, 2.24) is 15.0 Å². The topological polar surface area (TPSA) is 62.7 Å². The Morgan fingerprint density at radius 1 is 1.07 bits per heavy atom. The number of nitrogens with zero attached hydrogens (tertiary/aromatic N) is 3. The van der Waals surface area contributed by atoms with Crippen LogP contribution < -0.4 is 10.6 Å². The van der Waals surface area contributed by atoms with E-state index in [-0.39, 0.29) is 16.5 Å². The van der Waals surface area contributed by atoms with Crippen LogP contribution in [0, 0.1) is 6.92 Å². The van der Waals surface area contributed by atoms with Crippen molar-refractivity contribution >= 4 is 28.9 Å². The van der Waals surface area contributed by atoms with Crippen molar-refractivity contribution < 1.29 is 13.2 Å². The van der Waals surface area contributed by atoms with E-state index < -0.39 is 11.7 Å². The van der Waals surface area contributed by atoms with Crippen molar-refractivity contribution in [2.75, 3.05) is 10.6 Å². The van der Waals surface area contributed by atoms with Gasteiger partial charge in [-0.15, -0.1) is 0 Å². The number of halogens is 4. The molecule has 27 heavy (non-hydrogen) atoms. The number of nitrogens with one attached hydrogen (secondary N) is 2. The van der Waals surface area contributed by atoms with Crippen molar-refractivity contribution in [2.45, 2.75) is 19.6 Å². The highest BCUT2D eigenvalue weighted by atomic mass is 35.5. The van der Waals surface area contributed by atoms with Crippen LogP contribution in [0.1, 0.15) is 17.0 Å². The van der Waals surface area contributed by atoms with Crippen molar-refractivity contribution in [2.24, 2.45) is 0 Å². The molecule has 3 rings (SSSR count). The number of benzene rings is 1. The Hall–Kier alpha value is -2.87. The SMILES string of the molecule is Cc1nc(NCc2cccnc2)cc(Nc2ccc(Cl)cc2C(F)(F)F)n1. The van der Waals surface area contributed by atoms with Gasteiger partial charge in [0.25, 0.3) is 0 Å². The number of hydrogen-bond acceptors (Lipinski definition) is 5. The van der Waals surface area contributed by atoms with Crippen molar-refractivity contribution in [3.63, 3.8) is 0 Å². The van der Waals surface area contributed by atoms with Gasteiger partial charge in [-0.25, -0.2) is 9.97 Å². The molecule has 9 heteroatoms. The standard InChI is InChI=1S/C18H15ClF3N5/c1-11-25-16(24-10-12-3-2-6-23-9-12)8-17(26-11)27-15-5-4-13(19)7-14(15)18(20,21)22/h2-9H,10H2,1H3,(H2,24,25,26,27). The molecule has 140 valence electrons. The summed E-state index contributed by atoms with van der Waals surface area (Å²) in [5, 5.41) is 5.82. The van der Waals surface area contributed by atoms with Gasteiger partial charge in [0.2, 0.25) is 0 Å². The third kappa shape index (κ3) is 5.07. The molecule has 0 saturated carbocycles. The Balaban J connectivity index is 1.83. The minimum Gasteiger partial charge on any atom is -0.366 e. The highest BCUT2D eigenvalue weighted by Gasteiger charge is 2.34. The van der Waals surface area contributed by atoms with Crippen LogP contribution in [0.15, 0.2) is 48.8 Å². The lowest BCUT2D eigenvalue weighted by Crippen LogP contribution is -2.10. The lowest BCUT2D eigenvalue weighted by atomic mass is 10.1. The summed E-state index contributed by atoms with van der Waals surface area (Å²) < 4.78 is 39.7. The predicted octanol–water partition coefficient (Wildman–Crippen LogP) is 5.21. The molecule has 0 aliphatic carbocycles. The zero-order chi connectivity index (χ0) is 19.4. The molecule has 0 atom stereocenters. The molecule has 0 unspecified atom stereocenters. The van der Waals surface area contributed by atoms with Crippen molar-refractivity contribution in [3.05, 3.63) is 70.8 Å². The van der Waals surface area contributed by atoms with Crippen LogP contribution in [0.5, 0.6) is 0 Å². The largest absolute Gasteiger partial charge is 0.418 e. The van der Waals surface area contributed by atoms with Crippen LogP contribution in [-0.4, -0.2) is 15.0 Å². The maximum Gasteiger partial charge on any atom is 0.418 e. The summed E-state index contributed by atoms with van der Waals surface area (Å²) >= 11 is 5.71. The molecule has 0 aliphatic heterocycles. The summed E-state index contributed by atoms with van der Waals surface area (Å²) in [7, 11) is 0. The summed E-state index contributed by atoms with van der Waals surface area (Å²) in [4.78, 5) is 12.4. The third-order valence-electron chi connectivity index (χ3n) is 3.58. The van der Waals surface area contributed by atoms with Crippen molar-refractivity contribution in [1.29, 1.82) is 0 Å². The predicted molar refractivity (Wildman–Crippen MR) is 98.1 cm³/mol. The van der Waals surface area contributed by atoms with Gasteiger partial charge in [0.1, 0.15) is 17.5 Å². The molecule has 2 aromatic heterocycles. The number of pyridine rings is 1. The van der Waals surface area contributed by atoms with Gasteiger partial charge in [-0.2, -0.15) is 13.2 Å². The second kappa shape index (κ2) is 7.79. The molecular weight excluding hydrogens is 379 g/mol. The minimum atomic E-state index is -4.54. The monoisotopic (exact) mass is 393 g/mol. The van der Waals surface area contributed by atoms with Gasteiger partial charge in [0.15, 0.2) is 0 Å². The summed E-state index contributed by atoms with van der Waals surface area (Å²) in [6.45, 7) is 2.13. The van der Waals surface area contributed by atoms with Crippen LogP contribution >= 0.6 is 11.6 Å². The molecule has 0 fully saturated rings. The number of hydrogen-bond donors (Lipinski definition) is 2. The maximum absolute atomic E-state index is 13.2. The summed E-state index contributed by atoms with van der Waals surface area (Å²) in [5.41, 5.74) is -0.0559. The molecule has 3 aromatic rings. The first-order valence-electron chi connectivity index (χ1n) is 7.93. The number of aryl methyl sites for hydroxylation is 1. The van der Waals surface area contributed by atoms with Gasteiger partial charge in [-0.1, -0.05) is 17.7 Å². The minimum absolute atomic E-state index is 0.00516. The summed E-state index contributed by atoms with van der Waals surface area (Å²) in [5.74, 6) is 1.14. The zero-order valence-corrected chi connectivity index (χ0v) is 14.9. The maximum atomic E-state index is 13.2. The molecule has 0 saturated heterocycles. The van der Waals surface area contributed by atoms with Gasteiger partial charge in [-0.3, -0.25) is 4.98 Å². The Labute approximate surface area is 158 Å². The van der Waals surface area contributed by atoms with Gasteiger partial charge in [0.05, 0.1) is 11.3 Å². The first kappa shape index (κ1) is 18.9. The normalized spacial score (nSPS) is 11.3. The summed E-state index contributed by atoms with van der Waals surface area (Å²) in [6, 6.07) is 8.78. The average molecular weight is 394 g/mol. The number of anilines is 3. The van der Waals surface area contributed by atoms with E-state index in [4.69, 9.17) is 11.6 Å². The number of aromatic nitrogens is 3. The van der Waals surface area contributed by atoms with E-state index in [0.29, 0.717) is 18.2 Å². The molecule has 0 bridgehead atoms. The summed E-state index contributed by atoms with van der Waals surface area (Å²) in [6.07, 6.45) is -1.16. The molecule has 0 radical (unpaired) electrons. The Morgan fingerprint density at radius 2 is 1.85 bits per heavy atom. The van der Waals surface area contributed by atoms with Crippen LogP contribution in [0.2, 0.25) is 5.02 Å². The third-order valence-corrected chi connectivity index (χ3v) is 3.82. The quantitative estimate of drug-likeness (QED) is 0.623. The number of rotatable bonds is 5. The fraction of sp³-hybridized carbons (Fsp3) is 0.167. The molecule has 0 amide bonds. The van der Waals surface area contributed by atoms with E-state index in [1.807, 2.05) is 12.1 Å². The van der Waals surface area contributed by atoms with Crippen LogP contribution in [0.4, 0.5) is 30.5 Å². The van der Waals surface area contributed by atoms with Crippen molar-refractivity contribution in [3.8, 4) is 0 Å². The molecule has 1 aromatic carbocycles. The second-order valence-electron chi connectivity index (χ2n) is 5.71. The van der Waals surface area contributed by atoms with Gasteiger partial charge in [0, 0.05) is 30.0 Å². The fourth-order valence-corrected chi connectivity index (χ4v) is 2.59. The van der Waals surface area contributed by atoms with E-state index in [2.05, 4.69) is 25.6 Å². The lowest BCUT2D eigenvalue weighted by molar-refractivity contribution is -0.136. The van der Waals surface area contributed by atoms with Gasteiger partial charge >= 0.3 is 6.18 Å². The van der Waals surface area contributed by atoms with Crippen LogP contribution in [0.25, 0.3) is 0 Å². The van der Waals surface area contributed by atoms with Crippen LogP contribution in [0.3, 0.4) is 0 Å². The first-order chi connectivity index (χ1) is 12.8. The average Bonchev–Trinajstić information content (AvgIpc) is 2.61. The Kier molecular flexibility index (Phi) is 5.46. The van der Waals surface area contributed by atoms with Gasteiger partial charge < -0.3 is 10.6 Å². The van der Waals surface area contributed by atoms with E-state index >= 15 is 0 Å². The molecule has 2 N–H and O–H groups in total. The highest BCUT2D eigenvalue weighted by molar-refractivity contribution is 6.30. The molecule has 0 spiro atoms. The lowest BCUT2D eigenvalue weighted by Gasteiger charge is -2.15. The highest BCUT2D eigenvalue weighted by Crippen LogP contribution is 2.37. The molecule has 2 heterocycles. The smallest absolute Gasteiger partial charge is 0.366 e. The molecule has 0 aliphatic rings. The number of alkyl halides is 3. The van der Waals surface area contributed by atoms with E-state index in [0.717, 1.165) is 11.6 Å². The van der Waals surface area contributed by atoms with E-state index in [1.165, 1.54) is 18.2 Å². The van der Waals surface area contributed by atoms with E-state index in [1.54, 1.807) is 19.3 Å². The molecule has 5 nitrogen and oxygen atoms in total. The van der Waals surface area contributed by atoms with Crippen LogP contribution in [-0.2, 0) is 12.7 Å². The van der Waals surface area contributed by atoms with Gasteiger partial charge in [-0.05, 0) is 36.8 Å². The second-order valence-corrected chi connectivity index (χ2v) is 6.15. The Morgan fingerprint density at radius 3 is 2.56 bits per heavy atom. The fourth-order valence-electron chi connectivity index (χ4n) is 2.42.